The third-order valence-electron chi connectivity index (χ3n) is 2.41. The number of hydrogen-bond acceptors (Lipinski definition) is 2. The minimum Gasteiger partial charge on any atom is -0.399 e. The predicted molar refractivity (Wildman–Crippen MR) is 77.9 cm³/mol. The van der Waals surface area contributed by atoms with E-state index < -0.39 is 11.7 Å². The van der Waals surface area contributed by atoms with Crippen LogP contribution in [0.4, 0.5) is 15.8 Å². The first-order valence-electron chi connectivity index (χ1n) is 5.29. The Labute approximate surface area is 122 Å². The van der Waals surface area contributed by atoms with Crippen molar-refractivity contribution in [2.75, 3.05) is 11.1 Å². The molecule has 0 fully saturated rings. The first-order valence-corrected chi connectivity index (χ1v) is 6.46. The second-order valence-electron chi connectivity index (χ2n) is 3.82. The number of anilines is 2. The van der Waals surface area contributed by atoms with Gasteiger partial charge < -0.3 is 11.1 Å². The van der Waals surface area contributed by atoms with E-state index in [0.29, 0.717) is 15.8 Å². The molecule has 0 aromatic heterocycles. The SMILES string of the molecule is Nc1ccc(Br)c(NC(=O)c2cc(Cl)ccc2F)c1. The van der Waals surface area contributed by atoms with E-state index in [1.807, 2.05) is 0 Å². The molecule has 0 spiro atoms. The number of carbonyl (C=O) groups is 1. The van der Waals surface area contributed by atoms with Gasteiger partial charge in [-0.25, -0.2) is 4.39 Å². The maximum atomic E-state index is 13.5. The summed E-state index contributed by atoms with van der Waals surface area (Å²) in [6.45, 7) is 0. The highest BCUT2D eigenvalue weighted by Crippen LogP contribution is 2.25. The van der Waals surface area contributed by atoms with E-state index >= 15 is 0 Å². The molecule has 6 heteroatoms. The van der Waals surface area contributed by atoms with Gasteiger partial charge in [0, 0.05) is 15.2 Å². The Hall–Kier alpha value is -1.59. The molecular formula is C13H9BrClFN2O. The Bertz CT molecular complexity index is 649. The van der Waals surface area contributed by atoms with E-state index in [2.05, 4.69) is 21.2 Å². The van der Waals surface area contributed by atoms with Crippen molar-refractivity contribution in [1.29, 1.82) is 0 Å². The van der Waals surface area contributed by atoms with Crippen molar-refractivity contribution in [2.45, 2.75) is 0 Å². The van der Waals surface area contributed by atoms with E-state index in [-0.39, 0.29) is 10.6 Å². The lowest BCUT2D eigenvalue weighted by Gasteiger charge is -2.09. The fraction of sp³-hybridized carbons (Fsp3) is 0. The number of halogens is 3. The van der Waals surface area contributed by atoms with Crippen molar-refractivity contribution in [3.63, 3.8) is 0 Å². The first-order chi connectivity index (χ1) is 8.97. The van der Waals surface area contributed by atoms with Crippen LogP contribution in [-0.4, -0.2) is 5.91 Å². The van der Waals surface area contributed by atoms with Crippen LogP contribution in [0.15, 0.2) is 40.9 Å². The minimum atomic E-state index is -0.637. The molecule has 19 heavy (non-hydrogen) atoms. The molecule has 2 aromatic carbocycles. The highest BCUT2D eigenvalue weighted by Gasteiger charge is 2.13. The van der Waals surface area contributed by atoms with Crippen molar-refractivity contribution in [3.8, 4) is 0 Å². The fourth-order valence-electron chi connectivity index (χ4n) is 1.50. The first kappa shape index (κ1) is 13.8. The minimum absolute atomic E-state index is 0.123. The molecule has 0 heterocycles. The summed E-state index contributed by atoms with van der Waals surface area (Å²) in [6.07, 6.45) is 0. The highest BCUT2D eigenvalue weighted by atomic mass is 79.9. The lowest BCUT2D eigenvalue weighted by Crippen LogP contribution is -2.14. The van der Waals surface area contributed by atoms with Gasteiger partial charge in [-0.15, -0.1) is 0 Å². The van der Waals surface area contributed by atoms with Crippen LogP contribution in [0.3, 0.4) is 0 Å². The lowest BCUT2D eigenvalue weighted by atomic mass is 10.2. The van der Waals surface area contributed by atoms with Crippen molar-refractivity contribution >= 4 is 44.8 Å². The number of nitrogens with two attached hydrogens (primary N) is 1. The van der Waals surface area contributed by atoms with Gasteiger partial charge in [-0.3, -0.25) is 4.79 Å². The summed E-state index contributed by atoms with van der Waals surface area (Å²) in [6, 6.07) is 8.74. The number of benzene rings is 2. The number of nitrogen functional groups attached to an aromatic ring is 1. The smallest absolute Gasteiger partial charge is 0.258 e. The topological polar surface area (TPSA) is 55.1 Å². The maximum Gasteiger partial charge on any atom is 0.258 e. The summed E-state index contributed by atoms with van der Waals surface area (Å²) in [7, 11) is 0. The second kappa shape index (κ2) is 5.59. The molecule has 0 saturated heterocycles. The molecule has 3 N–H and O–H groups in total. The van der Waals surface area contributed by atoms with Gasteiger partial charge in [0.15, 0.2) is 0 Å². The molecule has 0 saturated carbocycles. The van der Waals surface area contributed by atoms with Gasteiger partial charge in [-0.2, -0.15) is 0 Å². The van der Waals surface area contributed by atoms with Crippen molar-refractivity contribution < 1.29 is 9.18 Å². The van der Waals surface area contributed by atoms with Crippen LogP contribution < -0.4 is 11.1 Å². The van der Waals surface area contributed by atoms with Crippen molar-refractivity contribution in [2.24, 2.45) is 0 Å². The number of carbonyl (C=O) groups excluding carboxylic acids is 1. The molecule has 0 unspecified atom stereocenters. The van der Waals surface area contributed by atoms with Crippen LogP contribution in [-0.2, 0) is 0 Å². The van der Waals surface area contributed by atoms with Gasteiger partial charge in [-0.1, -0.05) is 11.6 Å². The third kappa shape index (κ3) is 3.24. The summed E-state index contributed by atoms with van der Waals surface area (Å²) in [5.41, 5.74) is 6.46. The Morgan fingerprint density at radius 3 is 2.74 bits per heavy atom. The number of rotatable bonds is 2. The van der Waals surface area contributed by atoms with Gasteiger partial charge >= 0.3 is 0 Å². The molecule has 0 aliphatic rings. The van der Waals surface area contributed by atoms with Crippen LogP contribution in [0.25, 0.3) is 0 Å². The monoisotopic (exact) mass is 342 g/mol. The van der Waals surface area contributed by atoms with Gasteiger partial charge in [0.1, 0.15) is 5.82 Å². The predicted octanol–water partition coefficient (Wildman–Crippen LogP) is 4.08. The van der Waals surface area contributed by atoms with Crippen LogP contribution in [0.1, 0.15) is 10.4 Å². The van der Waals surface area contributed by atoms with Gasteiger partial charge in [0.2, 0.25) is 0 Å². The molecule has 0 atom stereocenters. The molecule has 1 amide bonds. The molecule has 3 nitrogen and oxygen atoms in total. The molecule has 2 aromatic rings. The Morgan fingerprint density at radius 1 is 1.26 bits per heavy atom. The maximum absolute atomic E-state index is 13.5. The highest BCUT2D eigenvalue weighted by molar-refractivity contribution is 9.10. The Morgan fingerprint density at radius 2 is 2.00 bits per heavy atom. The summed E-state index contributed by atoms with van der Waals surface area (Å²) in [4.78, 5) is 12.0. The van der Waals surface area contributed by atoms with Crippen molar-refractivity contribution in [3.05, 3.63) is 57.3 Å². The van der Waals surface area contributed by atoms with Gasteiger partial charge in [-0.05, 0) is 52.3 Å². The third-order valence-corrected chi connectivity index (χ3v) is 3.34. The zero-order valence-corrected chi connectivity index (χ0v) is 11.9. The zero-order chi connectivity index (χ0) is 14.0. The number of hydrogen-bond donors (Lipinski definition) is 2. The molecular weight excluding hydrogens is 335 g/mol. The standard InChI is InChI=1S/C13H9BrClFN2O/c14-10-3-2-8(17)6-12(10)18-13(19)9-5-7(15)1-4-11(9)16/h1-6H,17H2,(H,18,19). The van der Waals surface area contributed by atoms with E-state index in [1.165, 1.54) is 12.1 Å². The molecule has 0 radical (unpaired) electrons. The van der Waals surface area contributed by atoms with Gasteiger partial charge in [0.05, 0.1) is 11.3 Å². The Balaban J connectivity index is 2.30. The molecule has 98 valence electrons. The normalized spacial score (nSPS) is 10.3. The van der Waals surface area contributed by atoms with Crippen molar-refractivity contribution in [1.82, 2.24) is 0 Å². The summed E-state index contributed by atoms with van der Waals surface area (Å²) < 4.78 is 14.2. The average Bonchev–Trinajstić information content (AvgIpc) is 2.36. The summed E-state index contributed by atoms with van der Waals surface area (Å²) >= 11 is 9.02. The Kier molecular flexibility index (Phi) is 4.07. The molecule has 0 aliphatic heterocycles. The zero-order valence-electron chi connectivity index (χ0n) is 9.58. The summed E-state index contributed by atoms with van der Waals surface area (Å²) in [5.74, 6) is -1.23. The van der Waals surface area contributed by atoms with E-state index in [1.54, 1.807) is 18.2 Å². The lowest BCUT2D eigenvalue weighted by molar-refractivity contribution is 0.102. The van der Waals surface area contributed by atoms with E-state index in [0.717, 1.165) is 6.07 Å². The largest absolute Gasteiger partial charge is 0.399 e. The van der Waals surface area contributed by atoms with Crippen LogP contribution in [0.2, 0.25) is 5.02 Å². The second-order valence-corrected chi connectivity index (χ2v) is 5.11. The van der Waals surface area contributed by atoms with Crippen LogP contribution in [0, 0.1) is 5.82 Å². The fourth-order valence-corrected chi connectivity index (χ4v) is 2.02. The van der Waals surface area contributed by atoms with E-state index in [9.17, 15) is 9.18 Å². The van der Waals surface area contributed by atoms with E-state index in [4.69, 9.17) is 17.3 Å². The molecule has 0 aliphatic carbocycles. The number of amides is 1. The molecule has 0 bridgehead atoms. The molecule has 2 rings (SSSR count). The average molecular weight is 344 g/mol. The van der Waals surface area contributed by atoms with Crippen LogP contribution >= 0.6 is 27.5 Å². The quantitative estimate of drug-likeness (QED) is 0.807. The van der Waals surface area contributed by atoms with Crippen LogP contribution in [0.5, 0.6) is 0 Å². The van der Waals surface area contributed by atoms with Gasteiger partial charge in [0.25, 0.3) is 5.91 Å². The number of nitrogens with one attached hydrogen (secondary N) is 1. The summed E-state index contributed by atoms with van der Waals surface area (Å²) in [5, 5.41) is 2.86.